The van der Waals surface area contributed by atoms with E-state index in [4.69, 9.17) is 9.47 Å². The first-order valence-corrected chi connectivity index (χ1v) is 8.14. The summed E-state index contributed by atoms with van der Waals surface area (Å²) in [6.07, 6.45) is 7.99. The summed E-state index contributed by atoms with van der Waals surface area (Å²) in [4.78, 5) is 13.9. The summed E-state index contributed by atoms with van der Waals surface area (Å²) < 4.78 is 11.6. The molecule has 20 heavy (non-hydrogen) atoms. The molecule has 4 heteroatoms. The molecule has 0 aromatic carbocycles. The summed E-state index contributed by atoms with van der Waals surface area (Å²) in [5.41, 5.74) is 0.0694. The van der Waals surface area contributed by atoms with Crippen LogP contribution in [0, 0.1) is 0 Å². The Kier molecular flexibility index (Phi) is 4.43. The summed E-state index contributed by atoms with van der Waals surface area (Å²) >= 11 is 0. The fourth-order valence-corrected chi connectivity index (χ4v) is 4.07. The lowest BCUT2D eigenvalue weighted by Crippen LogP contribution is -2.52. The highest BCUT2D eigenvalue weighted by atomic mass is 16.5. The van der Waals surface area contributed by atoms with Crippen LogP contribution in [0.25, 0.3) is 0 Å². The second kappa shape index (κ2) is 6.12. The molecule has 1 atom stereocenters. The van der Waals surface area contributed by atoms with Crippen molar-refractivity contribution >= 4 is 5.78 Å². The molecule has 3 fully saturated rings. The van der Waals surface area contributed by atoms with Crippen LogP contribution < -0.4 is 0 Å². The third-order valence-electron chi connectivity index (χ3n) is 5.54. The number of hydrogen-bond donors (Lipinski definition) is 0. The van der Waals surface area contributed by atoms with E-state index in [1.54, 1.807) is 0 Å². The lowest BCUT2D eigenvalue weighted by atomic mass is 9.82. The molecule has 0 aromatic rings. The van der Waals surface area contributed by atoms with E-state index in [-0.39, 0.29) is 5.60 Å². The van der Waals surface area contributed by atoms with Crippen molar-refractivity contribution in [3.05, 3.63) is 0 Å². The maximum Gasteiger partial charge on any atom is 0.133 e. The Morgan fingerprint density at radius 2 is 1.75 bits per heavy atom. The van der Waals surface area contributed by atoms with Gasteiger partial charge in [-0.2, -0.15) is 0 Å². The van der Waals surface area contributed by atoms with Crippen LogP contribution in [0.4, 0.5) is 0 Å². The molecule has 0 radical (unpaired) electrons. The van der Waals surface area contributed by atoms with Crippen LogP contribution in [0.15, 0.2) is 0 Å². The van der Waals surface area contributed by atoms with Gasteiger partial charge in [0, 0.05) is 44.7 Å². The molecule has 2 saturated heterocycles. The Balaban J connectivity index is 1.59. The van der Waals surface area contributed by atoms with Crippen LogP contribution in [-0.4, -0.2) is 55.2 Å². The zero-order valence-corrected chi connectivity index (χ0v) is 12.6. The molecule has 0 amide bonds. The zero-order chi connectivity index (χ0) is 14.0. The molecule has 3 rings (SSSR count). The van der Waals surface area contributed by atoms with Gasteiger partial charge in [-0.1, -0.05) is 0 Å². The van der Waals surface area contributed by atoms with Crippen molar-refractivity contribution < 1.29 is 14.3 Å². The molecule has 3 aliphatic rings. The van der Waals surface area contributed by atoms with Crippen LogP contribution >= 0.6 is 0 Å². The van der Waals surface area contributed by atoms with Gasteiger partial charge in [0.25, 0.3) is 0 Å². The molecule has 1 saturated carbocycles. The minimum Gasteiger partial charge on any atom is -0.381 e. The Morgan fingerprint density at radius 3 is 2.45 bits per heavy atom. The van der Waals surface area contributed by atoms with Crippen molar-refractivity contribution in [1.29, 1.82) is 0 Å². The third-order valence-corrected chi connectivity index (χ3v) is 5.54. The summed E-state index contributed by atoms with van der Waals surface area (Å²) in [6, 6.07) is 1.20. The van der Waals surface area contributed by atoms with E-state index in [1.807, 2.05) is 0 Å². The largest absolute Gasteiger partial charge is 0.381 e. The van der Waals surface area contributed by atoms with Crippen molar-refractivity contribution in [3.8, 4) is 0 Å². The second-order valence-electron chi connectivity index (χ2n) is 6.73. The monoisotopic (exact) mass is 281 g/mol. The average Bonchev–Trinajstić information content (AvgIpc) is 2.48. The van der Waals surface area contributed by atoms with Gasteiger partial charge in [-0.3, -0.25) is 4.79 Å². The van der Waals surface area contributed by atoms with Gasteiger partial charge >= 0.3 is 0 Å². The summed E-state index contributed by atoms with van der Waals surface area (Å²) in [7, 11) is 2.25. The van der Waals surface area contributed by atoms with Gasteiger partial charge < -0.3 is 14.4 Å². The Morgan fingerprint density at radius 1 is 1.05 bits per heavy atom. The highest BCUT2D eigenvalue weighted by Gasteiger charge is 2.41. The summed E-state index contributed by atoms with van der Waals surface area (Å²) in [5.74, 6) is 0.447. The van der Waals surface area contributed by atoms with E-state index >= 15 is 0 Å². The molecule has 1 spiro atoms. The van der Waals surface area contributed by atoms with Crippen LogP contribution in [-0.2, 0) is 14.3 Å². The molecule has 2 heterocycles. The van der Waals surface area contributed by atoms with Crippen molar-refractivity contribution in [1.82, 2.24) is 4.90 Å². The standard InChI is InChI=1S/C16H27NO3/c1-17(13-2-4-15(18)5-3-13)14-6-9-20-16(12-14)7-10-19-11-8-16/h13-14H,2-12H2,1H3. The van der Waals surface area contributed by atoms with E-state index in [1.165, 1.54) is 0 Å². The molecule has 0 bridgehead atoms. The van der Waals surface area contributed by atoms with E-state index < -0.39 is 0 Å². The first-order chi connectivity index (χ1) is 9.69. The molecular weight excluding hydrogens is 254 g/mol. The first kappa shape index (κ1) is 14.5. The number of nitrogens with zero attached hydrogens (tertiary/aromatic N) is 1. The number of ketones is 1. The molecule has 2 aliphatic heterocycles. The normalized spacial score (nSPS) is 31.9. The van der Waals surface area contributed by atoms with Gasteiger partial charge in [0.15, 0.2) is 0 Å². The van der Waals surface area contributed by atoms with E-state index in [9.17, 15) is 4.79 Å². The summed E-state index contributed by atoms with van der Waals surface area (Å²) in [6.45, 7) is 2.56. The number of hydrogen-bond acceptors (Lipinski definition) is 4. The predicted octanol–water partition coefficient (Wildman–Crippen LogP) is 2.16. The lowest BCUT2D eigenvalue weighted by molar-refractivity contribution is -0.153. The Bertz CT molecular complexity index is 336. The van der Waals surface area contributed by atoms with Crippen molar-refractivity contribution in [3.63, 3.8) is 0 Å². The molecule has 0 aromatic heterocycles. The van der Waals surface area contributed by atoms with E-state index in [0.717, 1.165) is 71.2 Å². The maximum atomic E-state index is 11.4. The molecule has 4 nitrogen and oxygen atoms in total. The summed E-state index contributed by atoms with van der Waals surface area (Å²) in [5, 5.41) is 0. The topological polar surface area (TPSA) is 38.8 Å². The van der Waals surface area contributed by atoms with Crippen molar-refractivity contribution in [2.24, 2.45) is 0 Å². The van der Waals surface area contributed by atoms with Crippen LogP contribution in [0.3, 0.4) is 0 Å². The molecule has 114 valence electrons. The fraction of sp³-hybridized carbons (Fsp3) is 0.938. The highest BCUT2D eigenvalue weighted by Crippen LogP contribution is 2.37. The highest BCUT2D eigenvalue weighted by molar-refractivity contribution is 5.79. The number of ether oxygens (including phenoxy) is 2. The molecule has 0 N–H and O–H groups in total. The number of rotatable bonds is 2. The van der Waals surface area contributed by atoms with Gasteiger partial charge in [-0.15, -0.1) is 0 Å². The van der Waals surface area contributed by atoms with Crippen molar-refractivity contribution in [2.75, 3.05) is 26.9 Å². The van der Waals surface area contributed by atoms with Gasteiger partial charge in [-0.05, 0) is 45.6 Å². The van der Waals surface area contributed by atoms with Crippen LogP contribution in [0.5, 0.6) is 0 Å². The maximum absolute atomic E-state index is 11.4. The number of carbonyl (C=O) groups excluding carboxylic acids is 1. The third kappa shape index (κ3) is 3.07. The van der Waals surface area contributed by atoms with Crippen LogP contribution in [0.1, 0.15) is 51.4 Å². The predicted molar refractivity (Wildman–Crippen MR) is 76.8 cm³/mol. The number of Topliss-reactive ketones (excluding diaryl/α,β-unsaturated/α-hetero) is 1. The molecular formula is C16H27NO3. The van der Waals surface area contributed by atoms with Gasteiger partial charge in [0.1, 0.15) is 5.78 Å². The minimum atomic E-state index is 0.0694. The SMILES string of the molecule is CN(C1CCC(=O)CC1)C1CCOC2(CCOCC2)C1. The quantitative estimate of drug-likeness (QED) is 0.777. The smallest absolute Gasteiger partial charge is 0.133 e. The Hall–Kier alpha value is -0.450. The molecule has 1 unspecified atom stereocenters. The fourth-order valence-electron chi connectivity index (χ4n) is 4.07. The van der Waals surface area contributed by atoms with Crippen LogP contribution in [0.2, 0.25) is 0 Å². The first-order valence-electron chi connectivity index (χ1n) is 8.14. The van der Waals surface area contributed by atoms with E-state index in [0.29, 0.717) is 17.9 Å². The minimum absolute atomic E-state index is 0.0694. The number of carbonyl (C=O) groups is 1. The van der Waals surface area contributed by atoms with E-state index in [2.05, 4.69) is 11.9 Å². The van der Waals surface area contributed by atoms with Gasteiger partial charge in [-0.25, -0.2) is 0 Å². The molecule has 1 aliphatic carbocycles. The average molecular weight is 281 g/mol. The van der Waals surface area contributed by atoms with Gasteiger partial charge in [0.2, 0.25) is 0 Å². The second-order valence-corrected chi connectivity index (χ2v) is 6.73. The Labute approximate surface area is 121 Å². The van der Waals surface area contributed by atoms with Crippen molar-refractivity contribution in [2.45, 2.75) is 69.1 Å². The lowest BCUT2D eigenvalue weighted by Gasteiger charge is -2.47. The zero-order valence-electron chi connectivity index (χ0n) is 12.6. The van der Waals surface area contributed by atoms with Gasteiger partial charge in [0.05, 0.1) is 5.60 Å².